The van der Waals surface area contributed by atoms with Crippen molar-refractivity contribution in [3.05, 3.63) is 29.1 Å². The van der Waals surface area contributed by atoms with E-state index in [0.29, 0.717) is 36.3 Å². The van der Waals surface area contributed by atoms with Crippen LogP contribution in [0.25, 0.3) is 0 Å². The second-order valence-electron chi connectivity index (χ2n) is 8.68. The normalized spacial score (nSPS) is 25.6. The molecule has 8 heteroatoms. The van der Waals surface area contributed by atoms with Gasteiger partial charge in [0, 0.05) is 62.6 Å². The highest BCUT2D eigenvalue weighted by molar-refractivity contribution is 5.79. The fraction of sp³-hybridized carbons (Fsp3) is 0.727. The number of hydrogen-bond acceptors (Lipinski definition) is 4. The summed E-state index contributed by atoms with van der Waals surface area (Å²) < 4.78 is 44.6. The molecule has 30 heavy (non-hydrogen) atoms. The first-order valence-electron chi connectivity index (χ1n) is 11.0. The quantitative estimate of drug-likeness (QED) is 0.739. The van der Waals surface area contributed by atoms with Crippen molar-refractivity contribution >= 4 is 5.91 Å². The molecule has 1 aliphatic carbocycles. The SMILES string of the molecule is CCN(C1CCOCC1)[C@@H]1CCC(C(=O)N2CCc3ncc(C(F)(F)F)cc3C2)C1. The van der Waals surface area contributed by atoms with Crippen molar-refractivity contribution in [1.82, 2.24) is 14.8 Å². The second kappa shape index (κ2) is 8.83. The summed E-state index contributed by atoms with van der Waals surface area (Å²) in [5.74, 6) is 0.0489. The summed E-state index contributed by atoms with van der Waals surface area (Å²) in [4.78, 5) is 21.5. The van der Waals surface area contributed by atoms with E-state index in [2.05, 4.69) is 16.8 Å². The maximum absolute atomic E-state index is 13.2. The molecular weight excluding hydrogens is 395 g/mol. The second-order valence-corrected chi connectivity index (χ2v) is 8.68. The molecule has 3 heterocycles. The summed E-state index contributed by atoms with van der Waals surface area (Å²) in [7, 11) is 0. The molecule has 1 aromatic rings. The fourth-order valence-electron chi connectivity index (χ4n) is 5.34. The van der Waals surface area contributed by atoms with Crippen LogP contribution in [0.1, 0.15) is 55.8 Å². The lowest BCUT2D eigenvalue weighted by molar-refractivity contribution is -0.138. The zero-order valence-electron chi connectivity index (χ0n) is 17.5. The van der Waals surface area contributed by atoms with Crippen molar-refractivity contribution in [2.75, 3.05) is 26.3 Å². The first-order chi connectivity index (χ1) is 14.4. The molecule has 0 spiro atoms. The van der Waals surface area contributed by atoms with E-state index < -0.39 is 11.7 Å². The maximum Gasteiger partial charge on any atom is 0.417 e. The van der Waals surface area contributed by atoms with Gasteiger partial charge < -0.3 is 9.64 Å². The summed E-state index contributed by atoms with van der Waals surface area (Å²) in [6, 6.07) is 2.09. The number of nitrogens with zero attached hydrogens (tertiary/aromatic N) is 3. The summed E-state index contributed by atoms with van der Waals surface area (Å²) in [5, 5.41) is 0. The van der Waals surface area contributed by atoms with Crippen LogP contribution in [-0.4, -0.2) is 59.1 Å². The number of ether oxygens (including phenoxy) is 1. The molecule has 1 saturated carbocycles. The van der Waals surface area contributed by atoms with Crippen LogP contribution in [0.5, 0.6) is 0 Å². The van der Waals surface area contributed by atoms with Gasteiger partial charge in [-0.05, 0) is 50.3 Å². The number of rotatable bonds is 4. The zero-order valence-corrected chi connectivity index (χ0v) is 17.5. The zero-order chi connectivity index (χ0) is 21.3. The summed E-state index contributed by atoms with van der Waals surface area (Å²) in [6.07, 6.45) is 1.78. The van der Waals surface area contributed by atoms with E-state index in [1.54, 1.807) is 4.90 Å². The van der Waals surface area contributed by atoms with Gasteiger partial charge in [-0.25, -0.2) is 0 Å². The van der Waals surface area contributed by atoms with E-state index in [1.807, 2.05) is 0 Å². The van der Waals surface area contributed by atoms with Crippen LogP contribution >= 0.6 is 0 Å². The molecule has 4 rings (SSSR count). The molecule has 5 nitrogen and oxygen atoms in total. The van der Waals surface area contributed by atoms with E-state index in [4.69, 9.17) is 4.74 Å². The number of carbonyl (C=O) groups is 1. The number of carbonyl (C=O) groups excluding carboxylic acids is 1. The van der Waals surface area contributed by atoms with E-state index >= 15 is 0 Å². The van der Waals surface area contributed by atoms with Gasteiger partial charge in [0.2, 0.25) is 5.91 Å². The van der Waals surface area contributed by atoms with Crippen LogP contribution in [0.15, 0.2) is 12.3 Å². The number of hydrogen-bond donors (Lipinski definition) is 0. The Morgan fingerprint density at radius 2 is 2.00 bits per heavy atom. The van der Waals surface area contributed by atoms with Gasteiger partial charge >= 0.3 is 6.18 Å². The largest absolute Gasteiger partial charge is 0.417 e. The van der Waals surface area contributed by atoms with E-state index in [9.17, 15) is 18.0 Å². The van der Waals surface area contributed by atoms with Crippen LogP contribution in [0.2, 0.25) is 0 Å². The minimum atomic E-state index is -4.42. The first kappa shape index (κ1) is 21.6. The third kappa shape index (κ3) is 4.49. The predicted octanol–water partition coefficient (Wildman–Crippen LogP) is 3.65. The van der Waals surface area contributed by atoms with Gasteiger partial charge in [-0.3, -0.25) is 14.7 Å². The lowest BCUT2D eigenvalue weighted by Crippen LogP contribution is -2.45. The van der Waals surface area contributed by atoms with Gasteiger partial charge in [-0.15, -0.1) is 0 Å². The molecule has 0 N–H and O–H groups in total. The number of fused-ring (bicyclic) bond motifs is 1. The monoisotopic (exact) mass is 425 g/mol. The molecule has 0 bridgehead atoms. The summed E-state index contributed by atoms with van der Waals surface area (Å²) >= 11 is 0. The Bertz CT molecular complexity index is 764. The highest BCUT2D eigenvalue weighted by Crippen LogP contribution is 2.35. The topological polar surface area (TPSA) is 45.7 Å². The highest BCUT2D eigenvalue weighted by atomic mass is 19.4. The molecule has 3 aliphatic rings. The Labute approximate surface area is 175 Å². The Kier molecular flexibility index (Phi) is 6.34. The van der Waals surface area contributed by atoms with E-state index in [0.717, 1.165) is 64.1 Å². The minimum absolute atomic E-state index is 0.0378. The molecule has 2 fully saturated rings. The van der Waals surface area contributed by atoms with Crippen molar-refractivity contribution < 1.29 is 22.7 Å². The molecule has 2 atom stereocenters. The predicted molar refractivity (Wildman–Crippen MR) is 106 cm³/mol. The Morgan fingerprint density at radius 3 is 2.70 bits per heavy atom. The standard InChI is InChI=1S/C22H30F3N3O2/c1-2-28(18-6-9-30-10-7-18)19-4-3-15(12-19)21(29)27-8-5-20-16(14-27)11-17(13-26-20)22(23,24)25/h11,13,15,18-19H,2-10,12,14H2,1H3/t15?,19-/m1/s1. The van der Waals surface area contributed by atoms with Crippen LogP contribution < -0.4 is 0 Å². The Morgan fingerprint density at radius 1 is 1.23 bits per heavy atom. The summed E-state index contributed by atoms with van der Waals surface area (Å²) in [5.41, 5.74) is 0.455. The van der Waals surface area contributed by atoms with Gasteiger partial charge in [-0.1, -0.05) is 6.92 Å². The van der Waals surface area contributed by atoms with E-state index in [1.165, 1.54) is 0 Å². The average molecular weight is 425 g/mol. The third-order valence-corrected chi connectivity index (χ3v) is 6.93. The Hall–Kier alpha value is -1.67. The fourth-order valence-corrected chi connectivity index (χ4v) is 5.34. The average Bonchev–Trinajstić information content (AvgIpc) is 3.23. The van der Waals surface area contributed by atoms with Gasteiger partial charge in [-0.2, -0.15) is 13.2 Å². The van der Waals surface area contributed by atoms with Crippen molar-refractivity contribution in [2.45, 2.75) is 70.3 Å². The molecule has 0 radical (unpaired) electrons. The van der Waals surface area contributed by atoms with Crippen molar-refractivity contribution in [1.29, 1.82) is 0 Å². The lowest BCUT2D eigenvalue weighted by Gasteiger charge is -2.38. The smallest absolute Gasteiger partial charge is 0.381 e. The van der Waals surface area contributed by atoms with Gasteiger partial charge in [0.1, 0.15) is 0 Å². The molecule has 1 unspecified atom stereocenters. The minimum Gasteiger partial charge on any atom is -0.381 e. The molecule has 166 valence electrons. The Balaban J connectivity index is 1.39. The first-order valence-corrected chi connectivity index (χ1v) is 11.0. The van der Waals surface area contributed by atoms with Gasteiger partial charge in [0.05, 0.1) is 5.56 Å². The molecule has 2 aliphatic heterocycles. The molecule has 1 amide bonds. The van der Waals surface area contributed by atoms with Crippen LogP contribution in [-0.2, 0) is 28.7 Å². The van der Waals surface area contributed by atoms with Crippen molar-refractivity contribution in [3.63, 3.8) is 0 Å². The molecular formula is C22H30F3N3O2. The van der Waals surface area contributed by atoms with Gasteiger partial charge in [0.25, 0.3) is 0 Å². The van der Waals surface area contributed by atoms with Crippen LogP contribution in [0.3, 0.4) is 0 Å². The third-order valence-electron chi connectivity index (χ3n) is 6.93. The maximum atomic E-state index is 13.2. The van der Waals surface area contributed by atoms with Crippen molar-refractivity contribution in [2.24, 2.45) is 5.92 Å². The van der Waals surface area contributed by atoms with Gasteiger partial charge in [0.15, 0.2) is 0 Å². The molecule has 1 saturated heterocycles. The number of halogens is 3. The van der Waals surface area contributed by atoms with Crippen LogP contribution in [0, 0.1) is 5.92 Å². The number of aromatic nitrogens is 1. The molecule has 0 aromatic carbocycles. The van der Waals surface area contributed by atoms with E-state index in [-0.39, 0.29) is 18.4 Å². The number of amides is 1. The number of alkyl halides is 3. The number of pyridine rings is 1. The van der Waals surface area contributed by atoms with Crippen molar-refractivity contribution in [3.8, 4) is 0 Å². The highest BCUT2D eigenvalue weighted by Gasteiger charge is 2.38. The van der Waals surface area contributed by atoms with Crippen LogP contribution in [0.4, 0.5) is 13.2 Å². The molecule has 1 aromatic heterocycles. The summed E-state index contributed by atoms with van der Waals surface area (Å²) in [6.45, 7) is 5.51. The lowest BCUT2D eigenvalue weighted by atomic mass is 9.99.